The first-order valence-electron chi connectivity index (χ1n) is 6.17. The second kappa shape index (κ2) is 4.19. The van der Waals surface area contributed by atoms with Crippen molar-refractivity contribution in [2.24, 2.45) is 5.92 Å². The Hall–Kier alpha value is -0.0800. The quantitative estimate of drug-likeness (QED) is 0.741. The highest BCUT2D eigenvalue weighted by atomic mass is 15.3. The van der Waals surface area contributed by atoms with Gasteiger partial charge in [-0.05, 0) is 32.6 Å². The fraction of sp³-hybridized carbons (Fsp3) is 1.00. The first-order chi connectivity index (χ1) is 6.66. The van der Waals surface area contributed by atoms with Gasteiger partial charge < -0.3 is 5.32 Å². The molecule has 1 saturated carbocycles. The lowest BCUT2D eigenvalue weighted by atomic mass is 10.0. The van der Waals surface area contributed by atoms with Crippen LogP contribution in [-0.2, 0) is 0 Å². The van der Waals surface area contributed by atoms with Gasteiger partial charge in [0.05, 0.1) is 0 Å². The van der Waals surface area contributed by atoms with Crippen molar-refractivity contribution >= 4 is 0 Å². The minimum Gasteiger partial charge on any atom is -0.308 e. The summed E-state index contributed by atoms with van der Waals surface area (Å²) in [5.74, 6) is 0.906. The molecule has 0 aromatic carbocycles. The minimum absolute atomic E-state index is 0.731. The fourth-order valence-electron chi connectivity index (χ4n) is 2.74. The van der Waals surface area contributed by atoms with Crippen LogP contribution < -0.4 is 5.32 Å². The van der Waals surface area contributed by atoms with E-state index in [0.717, 1.165) is 24.0 Å². The molecular formula is C12H24N2. The monoisotopic (exact) mass is 196 g/mol. The number of rotatable bonds is 3. The van der Waals surface area contributed by atoms with E-state index in [2.05, 4.69) is 31.0 Å². The third kappa shape index (κ3) is 2.12. The van der Waals surface area contributed by atoms with Gasteiger partial charge in [0, 0.05) is 31.2 Å². The fourth-order valence-corrected chi connectivity index (χ4v) is 2.74. The molecule has 2 nitrogen and oxygen atoms in total. The summed E-state index contributed by atoms with van der Waals surface area (Å²) >= 11 is 0. The van der Waals surface area contributed by atoms with E-state index in [9.17, 15) is 0 Å². The van der Waals surface area contributed by atoms with E-state index in [1.807, 2.05) is 0 Å². The molecule has 2 unspecified atom stereocenters. The number of hydrogen-bond donors (Lipinski definition) is 1. The predicted octanol–water partition coefficient (Wildman–Crippen LogP) is 1.86. The maximum absolute atomic E-state index is 3.81. The molecule has 0 aromatic heterocycles. The van der Waals surface area contributed by atoms with E-state index in [1.165, 1.54) is 32.4 Å². The molecule has 14 heavy (non-hydrogen) atoms. The molecule has 0 radical (unpaired) electrons. The van der Waals surface area contributed by atoms with E-state index < -0.39 is 0 Å². The molecule has 2 atom stereocenters. The van der Waals surface area contributed by atoms with Crippen LogP contribution in [0.2, 0.25) is 0 Å². The van der Waals surface area contributed by atoms with E-state index in [0.29, 0.717) is 0 Å². The molecule has 2 heteroatoms. The summed E-state index contributed by atoms with van der Waals surface area (Å²) in [7, 11) is 0. The van der Waals surface area contributed by atoms with Gasteiger partial charge in [-0.2, -0.15) is 0 Å². The van der Waals surface area contributed by atoms with Crippen molar-refractivity contribution in [1.29, 1.82) is 0 Å². The van der Waals surface area contributed by atoms with Crippen molar-refractivity contribution in [3.63, 3.8) is 0 Å². The lowest BCUT2D eigenvalue weighted by Gasteiger charge is -2.44. The molecule has 0 amide bonds. The Kier molecular flexibility index (Phi) is 3.13. The van der Waals surface area contributed by atoms with Gasteiger partial charge >= 0.3 is 0 Å². The van der Waals surface area contributed by atoms with Crippen molar-refractivity contribution in [2.45, 2.75) is 58.2 Å². The van der Waals surface area contributed by atoms with Gasteiger partial charge in [-0.15, -0.1) is 0 Å². The third-order valence-electron chi connectivity index (χ3n) is 3.95. The first kappa shape index (κ1) is 10.4. The van der Waals surface area contributed by atoms with E-state index >= 15 is 0 Å². The van der Waals surface area contributed by atoms with Crippen LogP contribution in [0, 0.1) is 5.92 Å². The van der Waals surface area contributed by atoms with Gasteiger partial charge in [-0.3, -0.25) is 4.90 Å². The number of likely N-dealkylation sites (tertiary alicyclic amines) is 1. The molecular weight excluding hydrogens is 172 g/mol. The number of nitrogens with zero attached hydrogens (tertiary/aromatic N) is 1. The largest absolute Gasteiger partial charge is 0.308 e. The Morgan fingerprint density at radius 1 is 1.21 bits per heavy atom. The minimum atomic E-state index is 0.731. The Morgan fingerprint density at radius 2 is 1.93 bits per heavy atom. The lowest BCUT2D eigenvalue weighted by molar-refractivity contribution is 0.0822. The molecule has 1 saturated heterocycles. The summed E-state index contributed by atoms with van der Waals surface area (Å²) in [4.78, 5) is 2.54. The van der Waals surface area contributed by atoms with Crippen LogP contribution in [0.15, 0.2) is 0 Å². The van der Waals surface area contributed by atoms with Crippen molar-refractivity contribution in [3.8, 4) is 0 Å². The van der Waals surface area contributed by atoms with Crippen LogP contribution >= 0.6 is 0 Å². The molecule has 0 aromatic rings. The Morgan fingerprint density at radius 3 is 2.43 bits per heavy atom. The summed E-state index contributed by atoms with van der Waals surface area (Å²) in [6.45, 7) is 9.49. The van der Waals surface area contributed by atoms with Gasteiger partial charge in [0.25, 0.3) is 0 Å². The Bertz CT molecular complexity index is 185. The summed E-state index contributed by atoms with van der Waals surface area (Å²) in [5, 5.41) is 3.81. The highest BCUT2D eigenvalue weighted by Crippen LogP contribution is 2.26. The molecule has 2 aliphatic rings. The maximum atomic E-state index is 3.81. The molecule has 1 aliphatic carbocycles. The van der Waals surface area contributed by atoms with Crippen molar-refractivity contribution < 1.29 is 0 Å². The maximum Gasteiger partial charge on any atom is 0.0325 e. The Balaban J connectivity index is 1.68. The van der Waals surface area contributed by atoms with Crippen LogP contribution in [0.1, 0.15) is 40.0 Å². The standard InChI is InChI=1S/C12H24N2/c1-9(2)14-7-11(8-14)13-12-6-4-5-10(12)3/h9-13H,4-8H2,1-3H3. The van der Waals surface area contributed by atoms with Crippen LogP contribution in [0.3, 0.4) is 0 Å². The van der Waals surface area contributed by atoms with Crippen LogP contribution in [0.25, 0.3) is 0 Å². The van der Waals surface area contributed by atoms with E-state index in [4.69, 9.17) is 0 Å². The zero-order valence-corrected chi connectivity index (χ0v) is 9.79. The van der Waals surface area contributed by atoms with Gasteiger partial charge in [-0.25, -0.2) is 0 Å². The van der Waals surface area contributed by atoms with E-state index in [1.54, 1.807) is 0 Å². The van der Waals surface area contributed by atoms with Crippen LogP contribution in [0.4, 0.5) is 0 Å². The topological polar surface area (TPSA) is 15.3 Å². The number of hydrogen-bond acceptors (Lipinski definition) is 2. The number of nitrogens with one attached hydrogen (secondary N) is 1. The third-order valence-corrected chi connectivity index (χ3v) is 3.95. The molecule has 1 aliphatic heterocycles. The van der Waals surface area contributed by atoms with Gasteiger partial charge in [0.1, 0.15) is 0 Å². The van der Waals surface area contributed by atoms with Crippen LogP contribution in [-0.4, -0.2) is 36.1 Å². The Labute approximate surface area is 88.1 Å². The van der Waals surface area contributed by atoms with Gasteiger partial charge in [0.15, 0.2) is 0 Å². The predicted molar refractivity (Wildman–Crippen MR) is 60.4 cm³/mol. The average Bonchev–Trinajstić information content (AvgIpc) is 2.42. The molecule has 0 spiro atoms. The summed E-state index contributed by atoms with van der Waals surface area (Å²) in [5.41, 5.74) is 0. The first-order valence-corrected chi connectivity index (χ1v) is 6.17. The van der Waals surface area contributed by atoms with Crippen molar-refractivity contribution in [2.75, 3.05) is 13.1 Å². The summed E-state index contributed by atoms with van der Waals surface area (Å²) < 4.78 is 0. The molecule has 2 fully saturated rings. The second-order valence-electron chi connectivity index (χ2n) is 5.43. The highest BCUT2D eigenvalue weighted by Gasteiger charge is 2.32. The summed E-state index contributed by atoms with van der Waals surface area (Å²) in [6, 6.07) is 2.33. The highest BCUT2D eigenvalue weighted by molar-refractivity contribution is 4.92. The van der Waals surface area contributed by atoms with Crippen LogP contribution in [0.5, 0.6) is 0 Å². The lowest BCUT2D eigenvalue weighted by Crippen LogP contribution is -2.62. The average molecular weight is 196 g/mol. The molecule has 0 bridgehead atoms. The smallest absolute Gasteiger partial charge is 0.0325 e. The van der Waals surface area contributed by atoms with Crippen molar-refractivity contribution in [3.05, 3.63) is 0 Å². The van der Waals surface area contributed by atoms with Gasteiger partial charge in [0.2, 0.25) is 0 Å². The molecule has 1 heterocycles. The summed E-state index contributed by atoms with van der Waals surface area (Å²) in [6.07, 6.45) is 4.26. The molecule has 2 rings (SSSR count). The zero-order chi connectivity index (χ0) is 10.1. The second-order valence-corrected chi connectivity index (χ2v) is 5.43. The van der Waals surface area contributed by atoms with Crippen molar-refractivity contribution in [1.82, 2.24) is 10.2 Å². The molecule has 82 valence electrons. The van der Waals surface area contributed by atoms with Gasteiger partial charge in [-0.1, -0.05) is 13.3 Å². The zero-order valence-electron chi connectivity index (χ0n) is 9.79. The normalized spacial score (nSPS) is 35.1. The SMILES string of the molecule is CC1CCCC1NC1CN(C(C)C)C1. The molecule has 1 N–H and O–H groups in total. The van der Waals surface area contributed by atoms with E-state index in [-0.39, 0.29) is 0 Å².